The summed E-state index contributed by atoms with van der Waals surface area (Å²) in [4.78, 5) is 25.5. The molecule has 150 valence electrons. The lowest BCUT2D eigenvalue weighted by Crippen LogP contribution is -2.38. The van der Waals surface area contributed by atoms with E-state index < -0.39 is 5.60 Å². The van der Waals surface area contributed by atoms with Gasteiger partial charge in [0, 0.05) is 25.0 Å². The van der Waals surface area contributed by atoms with Crippen LogP contribution in [0, 0.1) is 5.92 Å². The first-order valence-corrected chi connectivity index (χ1v) is 10.2. The van der Waals surface area contributed by atoms with Crippen LogP contribution >= 0.6 is 0 Å². The van der Waals surface area contributed by atoms with Crippen LogP contribution in [0.1, 0.15) is 39.4 Å². The maximum atomic E-state index is 6.17. The number of hydrogen-bond donors (Lipinski definition) is 1. The molecule has 1 aliphatic carbocycles. The topological polar surface area (TPSA) is 108 Å². The van der Waals surface area contributed by atoms with Crippen LogP contribution in [0.3, 0.4) is 0 Å². The van der Waals surface area contributed by atoms with E-state index in [0.29, 0.717) is 11.9 Å². The Morgan fingerprint density at radius 2 is 1.86 bits per heavy atom. The molecular formula is C20H24N8O. The van der Waals surface area contributed by atoms with Crippen molar-refractivity contribution in [2.24, 2.45) is 5.92 Å². The van der Waals surface area contributed by atoms with E-state index in [9.17, 15) is 0 Å². The number of nitrogen functional groups attached to an aromatic ring is 1. The molecule has 3 aliphatic heterocycles. The molecule has 2 N–H and O–H groups in total. The Morgan fingerprint density at radius 3 is 2.55 bits per heavy atom. The average Bonchev–Trinajstić information content (AvgIpc) is 3.33. The smallest absolute Gasteiger partial charge is 0.219 e. The Hall–Kier alpha value is -2.81. The Balaban J connectivity index is 1.61. The molecule has 0 unspecified atom stereocenters. The summed E-state index contributed by atoms with van der Waals surface area (Å²) in [5.74, 6) is 3.43. The van der Waals surface area contributed by atoms with Crippen molar-refractivity contribution in [3.63, 3.8) is 0 Å². The zero-order valence-electron chi connectivity index (χ0n) is 16.8. The number of ether oxygens (including phenoxy) is 1. The summed E-state index contributed by atoms with van der Waals surface area (Å²) in [6.45, 7) is 7.97. The Morgan fingerprint density at radius 1 is 1.10 bits per heavy atom. The van der Waals surface area contributed by atoms with Crippen LogP contribution < -0.4 is 10.6 Å². The molecule has 0 amide bonds. The van der Waals surface area contributed by atoms with Crippen LogP contribution in [0.5, 0.6) is 0 Å². The van der Waals surface area contributed by atoms with E-state index in [0.717, 1.165) is 47.4 Å². The van der Waals surface area contributed by atoms with Gasteiger partial charge in [-0.1, -0.05) is 0 Å². The standard InChI is InChI=1S/C20H24N8O/c1-10-8-28-17-14(24-18(28)20(2,3)29-10)16(27-9-11-4-13(27)5-11)25-15(26-17)12-6-22-19(21)23-7-12/h6-7,10-11,13H,4-5,8-9H2,1-3H3,(H2,21,22,23)/t10-,11?,13?/m0/s1. The van der Waals surface area contributed by atoms with Crippen molar-refractivity contribution in [2.45, 2.75) is 57.9 Å². The van der Waals surface area contributed by atoms with Gasteiger partial charge >= 0.3 is 0 Å². The van der Waals surface area contributed by atoms with Crippen LogP contribution in [-0.2, 0) is 16.9 Å². The van der Waals surface area contributed by atoms with E-state index in [1.54, 1.807) is 12.4 Å². The van der Waals surface area contributed by atoms with Gasteiger partial charge < -0.3 is 19.9 Å². The summed E-state index contributed by atoms with van der Waals surface area (Å²) >= 11 is 0. The molecule has 4 aliphatic rings. The molecule has 1 atom stereocenters. The van der Waals surface area contributed by atoms with E-state index in [1.807, 2.05) is 0 Å². The third-order valence-corrected chi connectivity index (χ3v) is 6.36. The van der Waals surface area contributed by atoms with Crippen LogP contribution in [0.25, 0.3) is 22.6 Å². The fraction of sp³-hybridized carbons (Fsp3) is 0.550. The van der Waals surface area contributed by atoms with E-state index in [1.165, 1.54) is 12.8 Å². The molecule has 0 radical (unpaired) electrons. The molecule has 2 saturated heterocycles. The van der Waals surface area contributed by atoms with Crippen LogP contribution in [0.15, 0.2) is 12.4 Å². The largest absolute Gasteiger partial charge is 0.368 e. The fourth-order valence-corrected chi connectivity index (χ4v) is 5.04. The summed E-state index contributed by atoms with van der Waals surface area (Å²) in [6, 6.07) is 0.551. The van der Waals surface area contributed by atoms with Crippen molar-refractivity contribution >= 4 is 22.9 Å². The number of nitrogens with zero attached hydrogens (tertiary/aromatic N) is 7. The highest BCUT2D eigenvalue weighted by Gasteiger charge is 2.45. The Bertz CT molecular complexity index is 1120. The summed E-state index contributed by atoms with van der Waals surface area (Å²) in [5, 5.41) is 0. The molecular weight excluding hydrogens is 368 g/mol. The molecule has 7 rings (SSSR count). The van der Waals surface area contributed by atoms with Crippen LogP contribution in [0.4, 0.5) is 11.8 Å². The summed E-state index contributed by atoms with van der Waals surface area (Å²) in [7, 11) is 0. The van der Waals surface area contributed by atoms with Crippen molar-refractivity contribution in [2.75, 3.05) is 17.2 Å². The number of rotatable bonds is 2. The highest BCUT2D eigenvalue weighted by molar-refractivity contribution is 5.87. The van der Waals surface area contributed by atoms with Gasteiger partial charge in [-0.25, -0.2) is 24.9 Å². The third-order valence-electron chi connectivity index (χ3n) is 6.36. The number of hydrogen-bond acceptors (Lipinski definition) is 8. The first-order valence-electron chi connectivity index (χ1n) is 10.2. The first-order chi connectivity index (χ1) is 13.9. The molecule has 9 heteroatoms. The SMILES string of the molecule is C[C@H]1Cn2c(nc3c(N4CC5CC4C5)nc(-c4cnc(N)nc4)nc32)C(C)(C)O1. The maximum Gasteiger partial charge on any atom is 0.219 e. The van der Waals surface area contributed by atoms with Gasteiger partial charge in [0.15, 0.2) is 22.8 Å². The molecule has 3 aromatic heterocycles. The minimum absolute atomic E-state index is 0.0798. The molecule has 0 spiro atoms. The second-order valence-corrected chi connectivity index (χ2v) is 9.00. The second kappa shape index (κ2) is 5.63. The molecule has 1 saturated carbocycles. The highest BCUT2D eigenvalue weighted by atomic mass is 16.5. The van der Waals surface area contributed by atoms with Crippen molar-refractivity contribution in [1.29, 1.82) is 0 Å². The van der Waals surface area contributed by atoms with E-state index in [-0.39, 0.29) is 12.1 Å². The second-order valence-electron chi connectivity index (χ2n) is 9.00. The lowest BCUT2D eigenvalue weighted by Gasteiger charge is -2.34. The number of anilines is 2. The maximum absolute atomic E-state index is 6.17. The summed E-state index contributed by atoms with van der Waals surface area (Å²) < 4.78 is 8.36. The Kier molecular flexibility index (Phi) is 3.31. The Labute approximate surface area is 168 Å². The number of aromatic nitrogens is 6. The zero-order chi connectivity index (χ0) is 19.9. The monoisotopic (exact) mass is 392 g/mol. The molecule has 0 aromatic carbocycles. The highest BCUT2D eigenvalue weighted by Crippen LogP contribution is 2.45. The van der Waals surface area contributed by atoms with Gasteiger partial charge in [0.2, 0.25) is 5.95 Å². The quantitative estimate of drug-likeness (QED) is 0.706. The van der Waals surface area contributed by atoms with E-state index in [2.05, 4.69) is 40.2 Å². The lowest BCUT2D eigenvalue weighted by atomic mass is 9.86. The third kappa shape index (κ3) is 2.46. The molecule has 9 nitrogen and oxygen atoms in total. The number of imidazole rings is 1. The van der Waals surface area contributed by atoms with Crippen molar-refractivity contribution in [3.05, 3.63) is 18.2 Å². The van der Waals surface area contributed by atoms with E-state index in [4.69, 9.17) is 25.4 Å². The van der Waals surface area contributed by atoms with Crippen molar-refractivity contribution < 1.29 is 4.74 Å². The first kappa shape index (κ1) is 17.1. The molecule has 6 heterocycles. The molecule has 3 fully saturated rings. The van der Waals surface area contributed by atoms with Gasteiger partial charge in [0.25, 0.3) is 0 Å². The fourth-order valence-electron chi connectivity index (χ4n) is 5.04. The molecule has 29 heavy (non-hydrogen) atoms. The summed E-state index contributed by atoms with van der Waals surface area (Å²) in [6.07, 6.45) is 5.92. The van der Waals surface area contributed by atoms with Gasteiger partial charge in [-0.05, 0) is 39.5 Å². The minimum atomic E-state index is -0.479. The van der Waals surface area contributed by atoms with Gasteiger partial charge in [0.1, 0.15) is 11.4 Å². The summed E-state index contributed by atoms with van der Waals surface area (Å²) in [5.41, 5.74) is 7.65. The number of nitrogens with two attached hydrogens (primary N) is 1. The predicted octanol–water partition coefficient (Wildman–Crippen LogP) is 2.12. The zero-order valence-corrected chi connectivity index (χ0v) is 16.8. The van der Waals surface area contributed by atoms with Gasteiger partial charge in [-0.3, -0.25) is 0 Å². The molecule has 3 aromatic rings. The van der Waals surface area contributed by atoms with Gasteiger partial charge in [-0.2, -0.15) is 0 Å². The average molecular weight is 392 g/mol. The van der Waals surface area contributed by atoms with Crippen molar-refractivity contribution in [1.82, 2.24) is 29.5 Å². The predicted molar refractivity (Wildman–Crippen MR) is 108 cm³/mol. The van der Waals surface area contributed by atoms with Crippen LogP contribution in [-0.4, -0.2) is 48.2 Å². The number of fused-ring (bicyclic) bond motifs is 4. The van der Waals surface area contributed by atoms with Crippen LogP contribution in [0.2, 0.25) is 0 Å². The minimum Gasteiger partial charge on any atom is -0.368 e. The van der Waals surface area contributed by atoms with Gasteiger partial charge in [-0.15, -0.1) is 0 Å². The molecule has 2 bridgehead atoms. The van der Waals surface area contributed by atoms with Crippen molar-refractivity contribution in [3.8, 4) is 11.4 Å². The normalized spacial score (nSPS) is 27.1. The lowest BCUT2D eigenvalue weighted by molar-refractivity contribution is -0.100. The van der Waals surface area contributed by atoms with Gasteiger partial charge in [0.05, 0.1) is 18.2 Å². The van der Waals surface area contributed by atoms with E-state index >= 15 is 0 Å².